The molecule has 1 aromatic carbocycles. The number of nitrogens with one attached hydrogen (secondary N) is 1. The van der Waals surface area contributed by atoms with Crippen molar-refractivity contribution in [3.63, 3.8) is 0 Å². The molecule has 3 nitrogen and oxygen atoms in total. The summed E-state index contributed by atoms with van der Waals surface area (Å²) >= 11 is 1.77. The zero-order valence-electron chi connectivity index (χ0n) is 12.6. The third-order valence-corrected chi connectivity index (χ3v) is 5.46. The molecule has 1 saturated carbocycles. The number of carbonyl (C=O) groups is 1. The Bertz CT molecular complexity index is 628. The van der Waals surface area contributed by atoms with Gasteiger partial charge in [0.25, 0.3) is 0 Å². The fourth-order valence-electron chi connectivity index (χ4n) is 3.19. The lowest BCUT2D eigenvalue weighted by Gasteiger charge is -2.14. The van der Waals surface area contributed by atoms with Crippen LogP contribution in [0.1, 0.15) is 31.2 Å². The van der Waals surface area contributed by atoms with Crippen molar-refractivity contribution in [1.82, 2.24) is 5.32 Å². The van der Waals surface area contributed by atoms with Gasteiger partial charge in [0.05, 0.1) is 0 Å². The highest BCUT2D eigenvalue weighted by Gasteiger charge is 2.25. The molecule has 2 aromatic rings. The summed E-state index contributed by atoms with van der Waals surface area (Å²) in [6.07, 6.45) is 4.82. The van der Waals surface area contributed by atoms with Crippen LogP contribution in [0.25, 0.3) is 10.1 Å². The molecule has 0 radical (unpaired) electrons. The molecule has 3 rings (SSSR count). The van der Waals surface area contributed by atoms with Crippen LogP contribution >= 0.6 is 23.7 Å². The van der Waals surface area contributed by atoms with Crippen LogP contribution in [0, 0.1) is 5.92 Å². The van der Waals surface area contributed by atoms with Crippen molar-refractivity contribution in [1.29, 1.82) is 0 Å². The number of nitrogens with two attached hydrogens (primary N) is 1. The summed E-state index contributed by atoms with van der Waals surface area (Å²) in [7, 11) is 0. The van der Waals surface area contributed by atoms with Gasteiger partial charge in [-0.15, -0.1) is 23.7 Å². The van der Waals surface area contributed by atoms with Crippen LogP contribution in [0.2, 0.25) is 0 Å². The Morgan fingerprint density at radius 2 is 2.14 bits per heavy atom. The molecule has 1 aliphatic carbocycles. The minimum atomic E-state index is 0. The summed E-state index contributed by atoms with van der Waals surface area (Å²) in [6, 6.07) is 8.65. The minimum Gasteiger partial charge on any atom is -0.356 e. The van der Waals surface area contributed by atoms with E-state index in [1.54, 1.807) is 11.3 Å². The van der Waals surface area contributed by atoms with Crippen molar-refractivity contribution in [3.05, 3.63) is 35.2 Å². The summed E-state index contributed by atoms with van der Waals surface area (Å²) < 4.78 is 1.32. The second-order valence-corrected chi connectivity index (χ2v) is 6.83. The number of thiophene rings is 1. The van der Waals surface area contributed by atoms with Crippen LogP contribution in [0.5, 0.6) is 0 Å². The molecule has 1 fully saturated rings. The summed E-state index contributed by atoms with van der Waals surface area (Å²) in [5.74, 6) is 0.531. The van der Waals surface area contributed by atoms with Gasteiger partial charge in [-0.25, -0.2) is 0 Å². The lowest BCUT2D eigenvalue weighted by molar-refractivity contribution is -0.122. The predicted molar refractivity (Wildman–Crippen MR) is 95.7 cm³/mol. The van der Waals surface area contributed by atoms with Gasteiger partial charge >= 0.3 is 0 Å². The van der Waals surface area contributed by atoms with Crippen molar-refractivity contribution in [2.24, 2.45) is 11.7 Å². The van der Waals surface area contributed by atoms with E-state index in [0.717, 1.165) is 19.3 Å². The normalized spacial score (nSPS) is 20.8. The van der Waals surface area contributed by atoms with Crippen LogP contribution in [0.4, 0.5) is 0 Å². The fraction of sp³-hybridized carbons (Fsp3) is 0.471. The van der Waals surface area contributed by atoms with Gasteiger partial charge in [-0.2, -0.15) is 0 Å². The highest BCUT2D eigenvalue weighted by molar-refractivity contribution is 7.17. The number of hydrogen-bond donors (Lipinski definition) is 2. The fourth-order valence-corrected chi connectivity index (χ4v) is 4.19. The third kappa shape index (κ3) is 4.00. The number of rotatable bonds is 5. The standard InChI is InChI=1S/C17H22N2OS.ClH/c18-15-6-3-4-12(15)10-17(20)19-9-8-13-11-21-16-7-2-1-5-14(13)16;/h1-2,5,7,11-12,15H,3-4,6,8-10,18H2,(H,19,20);1H/t12-,15+;/m0./s1. The number of fused-ring (bicyclic) bond motifs is 1. The van der Waals surface area contributed by atoms with E-state index >= 15 is 0 Å². The summed E-state index contributed by atoms with van der Waals surface area (Å²) in [6.45, 7) is 0.710. The maximum atomic E-state index is 12.0. The van der Waals surface area contributed by atoms with E-state index in [2.05, 4.69) is 35.0 Å². The first-order chi connectivity index (χ1) is 10.2. The molecule has 2 atom stereocenters. The van der Waals surface area contributed by atoms with Gasteiger partial charge in [-0.05, 0) is 47.6 Å². The first-order valence-electron chi connectivity index (χ1n) is 7.71. The van der Waals surface area contributed by atoms with Crippen LogP contribution in [0.15, 0.2) is 29.6 Å². The topological polar surface area (TPSA) is 55.1 Å². The Morgan fingerprint density at radius 3 is 2.91 bits per heavy atom. The van der Waals surface area contributed by atoms with E-state index in [0.29, 0.717) is 18.9 Å². The second kappa shape index (κ2) is 7.95. The van der Waals surface area contributed by atoms with Crippen LogP contribution in [-0.2, 0) is 11.2 Å². The third-order valence-electron chi connectivity index (χ3n) is 4.44. The Labute approximate surface area is 141 Å². The van der Waals surface area contributed by atoms with E-state index in [4.69, 9.17) is 5.73 Å². The first-order valence-corrected chi connectivity index (χ1v) is 8.59. The molecule has 120 valence electrons. The largest absolute Gasteiger partial charge is 0.356 e. The molecular formula is C17H23ClN2OS. The number of benzene rings is 1. The lowest BCUT2D eigenvalue weighted by atomic mass is 10.00. The van der Waals surface area contributed by atoms with Gasteiger partial charge in [0, 0.05) is 23.7 Å². The van der Waals surface area contributed by atoms with Crippen molar-refractivity contribution in [2.45, 2.75) is 38.1 Å². The zero-order valence-corrected chi connectivity index (χ0v) is 14.2. The molecule has 0 spiro atoms. The van der Waals surface area contributed by atoms with E-state index in [1.165, 1.54) is 22.1 Å². The number of hydrogen-bond acceptors (Lipinski definition) is 3. The van der Waals surface area contributed by atoms with Gasteiger partial charge in [0.15, 0.2) is 0 Å². The van der Waals surface area contributed by atoms with E-state index in [1.807, 2.05) is 0 Å². The highest BCUT2D eigenvalue weighted by Crippen LogP contribution is 2.27. The molecule has 1 aliphatic rings. The average Bonchev–Trinajstić information content (AvgIpc) is 3.07. The maximum Gasteiger partial charge on any atom is 0.220 e. The molecule has 0 bridgehead atoms. The van der Waals surface area contributed by atoms with Gasteiger partial charge < -0.3 is 11.1 Å². The van der Waals surface area contributed by atoms with Gasteiger partial charge in [-0.3, -0.25) is 4.79 Å². The van der Waals surface area contributed by atoms with Gasteiger partial charge in [0.2, 0.25) is 5.91 Å². The molecule has 1 heterocycles. The Kier molecular flexibility index (Phi) is 6.24. The quantitative estimate of drug-likeness (QED) is 0.876. The lowest BCUT2D eigenvalue weighted by Crippen LogP contribution is -2.32. The Morgan fingerprint density at radius 1 is 1.32 bits per heavy atom. The number of amides is 1. The summed E-state index contributed by atoms with van der Waals surface area (Å²) in [4.78, 5) is 12.0. The SMILES string of the molecule is Cl.N[C@@H]1CCC[C@H]1CC(=O)NCCc1csc2ccccc12. The molecule has 3 N–H and O–H groups in total. The number of carbonyl (C=O) groups excluding carboxylic acids is 1. The van der Waals surface area contributed by atoms with E-state index < -0.39 is 0 Å². The predicted octanol–water partition coefficient (Wildman–Crippen LogP) is 3.50. The summed E-state index contributed by atoms with van der Waals surface area (Å²) in [5, 5.41) is 6.56. The molecule has 0 aliphatic heterocycles. The Balaban J connectivity index is 0.00000176. The Hall–Kier alpha value is -1.10. The zero-order chi connectivity index (χ0) is 14.7. The maximum absolute atomic E-state index is 12.0. The van der Waals surface area contributed by atoms with E-state index in [9.17, 15) is 4.79 Å². The van der Waals surface area contributed by atoms with Crippen molar-refractivity contribution in [3.8, 4) is 0 Å². The van der Waals surface area contributed by atoms with Crippen LogP contribution < -0.4 is 11.1 Å². The molecule has 0 unspecified atom stereocenters. The molecule has 22 heavy (non-hydrogen) atoms. The average molecular weight is 339 g/mol. The van der Waals surface area contributed by atoms with Crippen molar-refractivity contribution in [2.75, 3.05) is 6.54 Å². The van der Waals surface area contributed by atoms with Crippen molar-refractivity contribution < 1.29 is 4.79 Å². The number of halogens is 1. The van der Waals surface area contributed by atoms with Gasteiger partial charge in [0.1, 0.15) is 0 Å². The molecule has 5 heteroatoms. The molecule has 0 saturated heterocycles. The smallest absolute Gasteiger partial charge is 0.220 e. The van der Waals surface area contributed by atoms with Crippen LogP contribution in [-0.4, -0.2) is 18.5 Å². The molecule has 1 amide bonds. The monoisotopic (exact) mass is 338 g/mol. The molecule has 1 aromatic heterocycles. The minimum absolute atomic E-state index is 0. The van der Waals surface area contributed by atoms with Crippen molar-refractivity contribution >= 4 is 39.7 Å². The van der Waals surface area contributed by atoms with Gasteiger partial charge in [-0.1, -0.05) is 24.6 Å². The van der Waals surface area contributed by atoms with E-state index in [-0.39, 0.29) is 24.4 Å². The molecular weight excluding hydrogens is 316 g/mol. The summed E-state index contributed by atoms with van der Waals surface area (Å²) in [5.41, 5.74) is 7.34. The second-order valence-electron chi connectivity index (χ2n) is 5.92. The van der Waals surface area contributed by atoms with Crippen LogP contribution in [0.3, 0.4) is 0 Å². The first kappa shape index (κ1) is 17.3. The highest BCUT2D eigenvalue weighted by atomic mass is 35.5.